The van der Waals surface area contributed by atoms with Gasteiger partial charge in [-0.25, -0.2) is 9.59 Å². The van der Waals surface area contributed by atoms with Crippen LogP contribution in [-0.4, -0.2) is 90.8 Å². The molecular formula is C24H31N3O6. The van der Waals surface area contributed by atoms with Crippen molar-refractivity contribution in [3.05, 3.63) is 71.8 Å². The van der Waals surface area contributed by atoms with E-state index in [1.807, 2.05) is 0 Å². The lowest BCUT2D eigenvalue weighted by molar-refractivity contribution is -0.159. The number of ether oxygens (including phenoxy) is 1. The SMILES string of the molecule is COCCNC(=O)CN1CCN(C(c2ccccc2)c2ccccc2)CC1.O=C(O)C(=O)O. The van der Waals surface area contributed by atoms with Crippen LogP contribution in [0.5, 0.6) is 0 Å². The van der Waals surface area contributed by atoms with E-state index in [0.29, 0.717) is 19.7 Å². The lowest BCUT2D eigenvalue weighted by Crippen LogP contribution is -2.50. The number of methoxy groups -OCH3 is 1. The summed E-state index contributed by atoms with van der Waals surface area (Å²) in [6.07, 6.45) is 0. The summed E-state index contributed by atoms with van der Waals surface area (Å²) in [4.78, 5) is 35.0. The average molecular weight is 458 g/mol. The fourth-order valence-electron chi connectivity index (χ4n) is 3.62. The smallest absolute Gasteiger partial charge is 0.414 e. The molecule has 0 aromatic heterocycles. The molecule has 2 aromatic rings. The molecule has 3 rings (SSSR count). The third kappa shape index (κ3) is 9.01. The molecule has 0 atom stereocenters. The van der Waals surface area contributed by atoms with E-state index in [0.717, 1.165) is 26.2 Å². The first kappa shape index (κ1) is 26.0. The molecule has 0 aliphatic carbocycles. The number of benzene rings is 2. The zero-order valence-electron chi connectivity index (χ0n) is 18.7. The van der Waals surface area contributed by atoms with Gasteiger partial charge in [0, 0.05) is 39.8 Å². The van der Waals surface area contributed by atoms with Crippen LogP contribution in [0.25, 0.3) is 0 Å². The third-order valence-corrected chi connectivity index (χ3v) is 5.18. The fourth-order valence-corrected chi connectivity index (χ4v) is 3.62. The van der Waals surface area contributed by atoms with E-state index in [1.54, 1.807) is 7.11 Å². The van der Waals surface area contributed by atoms with Gasteiger partial charge < -0.3 is 20.3 Å². The fraction of sp³-hybridized carbons (Fsp3) is 0.375. The average Bonchev–Trinajstić information content (AvgIpc) is 2.82. The second-order valence-corrected chi connectivity index (χ2v) is 7.49. The Kier molecular flexibility index (Phi) is 11.0. The van der Waals surface area contributed by atoms with E-state index >= 15 is 0 Å². The van der Waals surface area contributed by atoms with Gasteiger partial charge in [0.25, 0.3) is 0 Å². The van der Waals surface area contributed by atoms with E-state index in [4.69, 9.17) is 24.5 Å². The summed E-state index contributed by atoms with van der Waals surface area (Å²) in [5.74, 6) is -3.58. The molecule has 3 N–H and O–H groups in total. The molecule has 1 amide bonds. The monoisotopic (exact) mass is 457 g/mol. The summed E-state index contributed by atoms with van der Waals surface area (Å²) in [7, 11) is 1.64. The highest BCUT2D eigenvalue weighted by Gasteiger charge is 2.26. The van der Waals surface area contributed by atoms with Crippen LogP contribution < -0.4 is 5.32 Å². The highest BCUT2D eigenvalue weighted by Crippen LogP contribution is 2.29. The van der Waals surface area contributed by atoms with Crippen LogP contribution >= 0.6 is 0 Å². The van der Waals surface area contributed by atoms with Crippen LogP contribution in [-0.2, 0) is 19.1 Å². The van der Waals surface area contributed by atoms with Crippen molar-refractivity contribution < 1.29 is 29.3 Å². The van der Waals surface area contributed by atoms with E-state index in [2.05, 4.69) is 75.8 Å². The molecule has 2 aromatic carbocycles. The molecule has 178 valence electrons. The van der Waals surface area contributed by atoms with Crippen molar-refractivity contribution in [3.8, 4) is 0 Å². The van der Waals surface area contributed by atoms with Crippen molar-refractivity contribution in [1.29, 1.82) is 0 Å². The summed E-state index contributed by atoms with van der Waals surface area (Å²) < 4.78 is 4.97. The third-order valence-electron chi connectivity index (χ3n) is 5.18. The molecule has 33 heavy (non-hydrogen) atoms. The quantitative estimate of drug-likeness (QED) is 0.401. The van der Waals surface area contributed by atoms with Crippen molar-refractivity contribution in [2.75, 3.05) is 53.0 Å². The van der Waals surface area contributed by atoms with Gasteiger partial charge in [-0.3, -0.25) is 14.6 Å². The van der Waals surface area contributed by atoms with Gasteiger partial charge in [0.1, 0.15) is 0 Å². The zero-order valence-corrected chi connectivity index (χ0v) is 18.7. The van der Waals surface area contributed by atoms with Crippen LogP contribution in [0.15, 0.2) is 60.7 Å². The lowest BCUT2D eigenvalue weighted by Gasteiger charge is -2.39. The first-order valence-corrected chi connectivity index (χ1v) is 10.7. The maximum Gasteiger partial charge on any atom is 0.414 e. The number of aliphatic carboxylic acids is 2. The van der Waals surface area contributed by atoms with Gasteiger partial charge in [-0.05, 0) is 11.1 Å². The van der Waals surface area contributed by atoms with Crippen LogP contribution in [0.4, 0.5) is 0 Å². The van der Waals surface area contributed by atoms with Gasteiger partial charge >= 0.3 is 11.9 Å². The summed E-state index contributed by atoms with van der Waals surface area (Å²) >= 11 is 0. The molecule has 0 spiro atoms. The summed E-state index contributed by atoms with van der Waals surface area (Å²) in [5, 5.41) is 17.7. The van der Waals surface area contributed by atoms with Crippen molar-refractivity contribution in [2.45, 2.75) is 6.04 Å². The van der Waals surface area contributed by atoms with Gasteiger partial charge in [-0.2, -0.15) is 0 Å². The Hall–Kier alpha value is -3.27. The van der Waals surface area contributed by atoms with Crippen molar-refractivity contribution >= 4 is 17.8 Å². The Bertz CT molecular complexity index is 819. The second kappa shape index (κ2) is 14.0. The maximum atomic E-state index is 12.0. The Morgan fingerprint density at radius 3 is 1.79 bits per heavy atom. The summed E-state index contributed by atoms with van der Waals surface area (Å²) in [6, 6.07) is 21.6. The maximum absolute atomic E-state index is 12.0. The Balaban J connectivity index is 0.000000569. The Morgan fingerprint density at radius 2 is 1.36 bits per heavy atom. The van der Waals surface area contributed by atoms with Crippen LogP contribution in [0, 0.1) is 0 Å². The number of hydrogen-bond donors (Lipinski definition) is 3. The van der Waals surface area contributed by atoms with Crippen molar-refractivity contribution in [2.24, 2.45) is 0 Å². The minimum atomic E-state index is -1.82. The van der Waals surface area contributed by atoms with Crippen molar-refractivity contribution in [3.63, 3.8) is 0 Å². The predicted octanol–water partition coefficient (Wildman–Crippen LogP) is 1.31. The van der Waals surface area contributed by atoms with E-state index in [9.17, 15) is 4.79 Å². The lowest BCUT2D eigenvalue weighted by atomic mass is 9.96. The number of nitrogens with zero attached hydrogens (tertiary/aromatic N) is 2. The largest absolute Gasteiger partial charge is 0.473 e. The first-order chi connectivity index (χ1) is 15.9. The topological polar surface area (TPSA) is 119 Å². The molecule has 0 saturated carbocycles. The predicted molar refractivity (Wildman–Crippen MR) is 123 cm³/mol. The highest BCUT2D eigenvalue weighted by atomic mass is 16.5. The molecule has 0 bridgehead atoms. The normalized spacial score (nSPS) is 14.2. The Morgan fingerprint density at radius 1 is 0.879 bits per heavy atom. The molecule has 1 aliphatic rings. The number of piperazine rings is 1. The van der Waals surface area contributed by atoms with Gasteiger partial charge in [0.2, 0.25) is 5.91 Å². The standard InChI is InChI=1S/C22H29N3O2.C2H2O4/c1-27-17-12-23-21(26)18-24-13-15-25(16-14-24)22(19-8-4-2-5-9-19)20-10-6-3-7-11-20;3-1(4)2(5)6/h2-11,22H,12-18H2,1H3,(H,23,26);(H,3,4)(H,5,6). The number of carboxylic acids is 2. The minimum Gasteiger partial charge on any atom is -0.473 e. The van der Waals surface area contributed by atoms with Gasteiger partial charge in [-0.1, -0.05) is 60.7 Å². The van der Waals surface area contributed by atoms with Crippen LogP contribution in [0.2, 0.25) is 0 Å². The molecule has 0 radical (unpaired) electrons. The number of amides is 1. The van der Waals surface area contributed by atoms with Gasteiger partial charge in [-0.15, -0.1) is 0 Å². The number of hydrogen-bond acceptors (Lipinski definition) is 6. The molecule has 9 heteroatoms. The number of nitrogens with one attached hydrogen (secondary N) is 1. The summed E-state index contributed by atoms with van der Waals surface area (Å²) in [6.45, 7) is 5.26. The summed E-state index contributed by atoms with van der Waals surface area (Å²) in [5.41, 5.74) is 2.63. The van der Waals surface area contributed by atoms with E-state index in [-0.39, 0.29) is 11.9 Å². The molecule has 1 fully saturated rings. The van der Waals surface area contributed by atoms with E-state index < -0.39 is 11.9 Å². The molecule has 1 aliphatic heterocycles. The number of carboxylic acid groups (broad SMARTS) is 2. The molecule has 1 saturated heterocycles. The number of rotatable bonds is 8. The Labute approximate surface area is 193 Å². The number of carbonyl (C=O) groups is 3. The molecule has 9 nitrogen and oxygen atoms in total. The van der Waals surface area contributed by atoms with Gasteiger partial charge in [0.05, 0.1) is 19.2 Å². The number of carbonyl (C=O) groups excluding carboxylic acids is 1. The molecular weight excluding hydrogens is 426 g/mol. The zero-order chi connectivity index (χ0) is 24.1. The minimum absolute atomic E-state index is 0.0724. The highest BCUT2D eigenvalue weighted by molar-refractivity contribution is 6.27. The van der Waals surface area contributed by atoms with Crippen molar-refractivity contribution in [1.82, 2.24) is 15.1 Å². The molecule has 1 heterocycles. The van der Waals surface area contributed by atoms with Crippen LogP contribution in [0.1, 0.15) is 17.2 Å². The first-order valence-electron chi connectivity index (χ1n) is 10.7. The van der Waals surface area contributed by atoms with Gasteiger partial charge in [0.15, 0.2) is 0 Å². The second-order valence-electron chi connectivity index (χ2n) is 7.49. The van der Waals surface area contributed by atoms with E-state index in [1.165, 1.54) is 11.1 Å². The molecule has 0 unspecified atom stereocenters. The van der Waals surface area contributed by atoms with Crippen LogP contribution in [0.3, 0.4) is 0 Å².